The smallest absolute Gasteiger partial charge is 0.407 e. The van der Waals surface area contributed by atoms with Crippen LogP contribution in [0.3, 0.4) is 0 Å². The summed E-state index contributed by atoms with van der Waals surface area (Å²) in [6.45, 7) is 0. The number of carboxylic acid groups (broad SMARTS) is 1. The molecule has 23 heavy (non-hydrogen) atoms. The molecular weight excluding hydrogens is 302 g/mol. The van der Waals surface area contributed by atoms with Gasteiger partial charge in [-0.05, 0) is 18.9 Å². The number of ketones is 1. The van der Waals surface area contributed by atoms with Gasteiger partial charge < -0.3 is 24.2 Å². The minimum atomic E-state index is -1.05. The number of hydrogen-bond acceptors (Lipinski definition) is 5. The van der Waals surface area contributed by atoms with Gasteiger partial charge in [0.2, 0.25) is 5.75 Å². The molecule has 0 aromatic heterocycles. The van der Waals surface area contributed by atoms with Crippen molar-refractivity contribution >= 4 is 11.9 Å². The Balaban J connectivity index is 2.50. The maximum atomic E-state index is 12.6. The van der Waals surface area contributed by atoms with Crippen molar-refractivity contribution in [2.24, 2.45) is 0 Å². The van der Waals surface area contributed by atoms with Crippen molar-refractivity contribution in [2.75, 3.05) is 28.4 Å². The minimum Gasteiger partial charge on any atom is -0.493 e. The summed E-state index contributed by atoms with van der Waals surface area (Å²) >= 11 is 0. The average molecular weight is 323 g/mol. The molecule has 7 heteroatoms. The van der Waals surface area contributed by atoms with E-state index in [1.165, 1.54) is 33.3 Å². The number of nitrogens with zero attached hydrogens (tertiary/aromatic N) is 1. The summed E-state index contributed by atoms with van der Waals surface area (Å²) in [4.78, 5) is 25.0. The Hall–Kier alpha value is -2.44. The third-order valence-electron chi connectivity index (χ3n) is 4.23. The molecule has 0 fully saturated rings. The molecule has 0 unspecified atom stereocenters. The van der Waals surface area contributed by atoms with Gasteiger partial charge in [0.05, 0.1) is 21.3 Å². The fourth-order valence-electron chi connectivity index (χ4n) is 2.94. The number of ether oxygens (including phenoxy) is 3. The molecule has 2 rings (SSSR count). The number of amides is 1. The van der Waals surface area contributed by atoms with Gasteiger partial charge in [0.25, 0.3) is 0 Å². The number of fused-ring (bicyclic) bond motifs is 1. The first-order valence-corrected chi connectivity index (χ1v) is 7.25. The second-order valence-corrected chi connectivity index (χ2v) is 5.38. The van der Waals surface area contributed by atoms with Crippen LogP contribution < -0.4 is 14.2 Å². The highest BCUT2D eigenvalue weighted by atomic mass is 16.5. The molecule has 0 spiro atoms. The third-order valence-corrected chi connectivity index (χ3v) is 4.23. The van der Waals surface area contributed by atoms with Crippen molar-refractivity contribution in [3.63, 3.8) is 0 Å². The Morgan fingerprint density at radius 3 is 2.39 bits per heavy atom. The molecule has 1 amide bonds. The number of rotatable bonds is 4. The van der Waals surface area contributed by atoms with E-state index in [0.717, 1.165) is 5.56 Å². The largest absolute Gasteiger partial charge is 0.493 e. The van der Waals surface area contributed by atoms with Crippen LogP contribution in [0.5, 0.6) is 17.2 Å². The molecule has 126 valence electrons. The van der Waals surface area contributed by atoms with E-state index in [1.54, 1.807) is 6.07 Å². The third kappa shape index (κ3) is 3.04. The van der Waals surface area contributed by atoms with Gasteiger partial charge in [-0.1, -0.05) is 0 Å². The highest BCUT2D eigenvalue weighted by Gasteiger charge is 2.31. The van der Waals surface area contributed by atoms with Gasteiger partial charge in [0.1, 0.15) is 0 Å². The van der Waals surface area contributed by atoms with Crippen molar-refractivity contribution in [2.45, 2.75) is 25.3 Å². The molecular formula is C16H21NO6. The molecule has 1 N–H and O–H groups in total. The van der Waals surface area contributed by atoms with Gasteiger partial charge in [-0.15, -0.1) is 0 Å². The molecule has 0 aliphatic heterocycles. The van der Waals surface area contributed by atoms with Crippen LogP contribution >= 0.6 is 0 Å². The van der Waals surface area contributed by atoms with Crippen LogP contribution in [-0.4, -0.2) is 56.3 Å². The zero-order chi connectivity index (χ0) is 17.1. The van der Waals surface area contributed by atoms with E-state index in [2.05, 4.69) is 0 Å². The molecule has 1 aliphatic rings. The average Bonchev–Trinajstić information content (AvgIpc) is 2.71. The number of Topliss-reactive ketones (excluding diaryl/α,β-unsaturated/α-hetero) is 1. The molecule has 1 aromatic carbocycles. The van der Waals surface area contributed by atoms with E-state index >= 15 is 0 Å². The normalized spacial score (nSPS) is 17.0. The summed E-state index contributed by atoms with van der Waals surface area (Å²) in [7, 11) is 5.99. The van der Waals surface area contributed by atoms with Gasteiger partial charge in [-0.2, -0.15) is 0 Å². The van der Waals surface area contributed by atoms with Crippen molar-refractivity contribution < 1.29 is 28.9 Å². The molecule has 0 radical (unpaired) electrons. The predicted octanol–water partition coefficient (Wildman–Crippen LogP) is 2.21. The molecule has 1 aromatic rings. The topological polar surface area (TPSA) is 85.3 Å². The van der Waals surface area contributed by atoms with Crippen LogP contribution in [0.15, 0.2) is 6.07 Å². The van der Waals surface area contributed by atoms with Crippen molar-refractivity contribution in [1.29, 1.82) is 0 Å². The van der Waals surface area contributed by atoms with E-state index in [1.807, 2.05) is 0 Å². The second kappa shape index (κ2) is 6.76. The number of carbonyl (C=O) groups excluding carboxylic acids is 1. The number of methoxy groups -OCH3 is 3. The highest BCUT2D eigenvalue weighted by molar-refractivity contribution is 6.00. The van der Waals surface area contributed by atoms with E-state index in [0.29, 0.717) is 35.7 Å². The van der Waals surface area contributed by atoms with E-state index in [4.69, 9.17) is 19.3 Å². The van der Waals surface area contributed by atoms with Crippen LogP contribution in [0.1, 0.15) is 28.8 Å². The summed E-state index contributed by atoms with van der Waals surface area (Å²) in [5.41, 5.74) is 1.23. The monoisotopic (exact) mass is 323 g/mol. The first-order chi connectivity index (χ1) is 10.9. The van der Waals surface area contributed by atoms with Crippen LogP contribution in [-0.2, 0) is 6.42 Å². The molecule has 1 aliphatic carbocycles. The van der Waals surface area contributed by atoms with Gasteiger partial charge >= 0.3 is 6.09 Å². The lowest BCUT2D eigenvalue weighted by Gasteiger charge is -2.23. The van der Waals surface area contributed by atoms with Crippen LogP contribution in [0, 0.1) is 0 Å². The second-order valence-electron chi connectivity index (χ2n) is 5.38. The van der Waals surface area contributed by atoms with Gasteiger partial charge in [-0.3, -0.25) is 4.79 Å². The van der Waals surface area contributed by atoms with E-state index in [-0.39, 0.29) is 18.2 Å². The van der Waals surface area contributed by atoms with Crippen molar-refractivity contribution in [3.8, 4) is 17.2 Å². The molecule has 0 saturated carbocycles. The fraction of sp³-hybridized carbons (Fsp3) is 0.500. The Kier molecular flexibility index (Phi) is 4.98. The summed E-state index contributed by atoms with van der Waals surface area (Å²) < 4.78 is 16.1. The molecule has 7 nitrogen and oxygen atoms in total. The van der Waals surface area contributed by atoms with Crippen molar-refractivity contribution in [1.82, 2.24) is 4.90 Å². The first-order valence-electron chi connectivity index (χ1n) is 7.25. The lowest BCUT2D eigenvalue weighted by atomic mass is 9.99. The maximum absolute atomic E-state index is 12.6. The highest BCUT2D eigenvalue weighted by Crippen LogP contribution is 2.44. The van der Waals surface area contributed by atoms with Crippen LogP contribution in [0.25, 0.3) is 0 Å². The summed E-state index contributed by atoms with van der Waals surface area (Å²) in [6, 6.07) is 1.27. The summed E-state index contributed by atoms with van der Waals surface area (Å²) in [6.07, 6.45) is 0.144. The predicted molar refractivity (Wildman–Crippen MR) is 82.9 cm³/mol. The fourth-order valence-corrected chi connectivity index (χ4v) is 2.94. The number of hydrogen-bond donors (Lipinski definition) is 1. The zero-order valence-corrected chi connectivity index (χ0v) is 13.7. The number of carbonyl (C=O) groups is 2. The number of benzene rings is 1. The Morgan fingerprint density at radius 1 is 1.22 bits per heavy atom. The van der Waals surface area contributed by atoms with Gasteiger partial charge in [0, 0.05) is 30.6 Å². The maximum Gasteiger partial charge on any atom is 0.407 e. The Labute approximate surface area is 134 Å². The van der Waals surface area contributed by atoms with E-state index in [9.17, 15) is 9.59 Å². The van der Waals surface area contributed by atoms with Gasteiger partial charge in [-0.25, -0.2) is 4.79 Å². The SMILES string of the molecule is COc1cc2c(c(OC)c1OC)CC[C@@H](N(C)C(=O)O)CC2=O. The molecule has 1 atom stereocenters. The summed E-state index contributed by atoms with van der Waals surface area (Å²) in [5, 5.41) is 9.14. The summed E-state index contributed by atoms with van der Waals surface area (Å²) in [5.74, 6) is 1.19. The molecule has 0 saturated heterocycles. The zero-order valence-electron chi connectivity index (χ0n) is 13.7. The Morgan fingerprint density at radius 2 is 1.87 bits per heavy atom. The molecule has 0 heterocycles. The Bertz CT molecular complexity index is 627. The standard InChI is InChI=1S/C16H21NO6/c1-17(16(19)20)9-5-6-10-11(12(18)7-9)8-13(21-2)15(23-4)14(10)22-3/h8-9H,5-7H2,1-4H3,(H,19,20)/t9-/m1/s1. The van der Waals surface area contributed by atoms with Crippen LogP contribution in [0.2, 0.25) is 0 Å². The lowest BCUT2D eigenvalue weighted by Crippen LogP contribution is -2.37. The lowest BCUT2D eigenvalue weighted by molar-refractivity contribution is 0.0927. The first kappa shape index (κ1) is 16.9. The van der Waals surface area contributed by atoms with E-state index < -0.39 is 6.09 Å². The quantitative estimate of drug-likeness (QED) is 0.855. The van der Waals surface area contributed by atoms with Crippen molar-refractivity contribution in [3.05, 3.63) is 17.2 Å². The molecule has 0 bridgehead atoms. The van der Waals surface area contributed by atoms with Gasteiger partial charge in [0.15, 0.2) is 17.3 Å². The minimum absolute atomic E-state index is 0.130. The van der Waals surface area contributed by atoms with Crippen LogP contribution in [0.4, 0.5) is 4.79 Å².